The van der Waals surface area contributed by atoms with Gasteiger partial charge in [0.05, 0.1) is 0 Å². The number of nitrogens with zero attached hydrogens (tertiary/aromatic N) is 1. The zero-order chi connectivity index (χ0) is 15.1. The number of nitrogens with one attached hydrogen (secondary N) is 1. The van der Waals surface area contributed by atoms with E-state index in [-0.39, 0.29) is 0 Å². The maximum atomic E-state index is 3.86. The van der Waals surface area contributed by atoms with Crippen molar-refractivity contribution in [3.05, 3.63) is 0 Å². The zero-order valence-corrected chi connectivity index (χ0v) is 14.7. The van der Waals surface area contributed by atoms with E-state index >= 15 is 0 Å². The van der Waals surface area contributed by atoms with Gasteiger partial charge in [-0.1, -0.05) is 33.6 Å². The van der Waals surface area contributed by atoms with Gasteiger partial charge in [0, 0.05) is 18.6 Å². The van der Waals surface area contributed by atoms with Crippen molar-refractivity contribution in [2.24, 2.45) is 11.8 Å². The zero-order valence-electron chi connectivity index (χ0n) is 14.7. The van der Waals surface area contributed by atoms with Crippen LogP contribution < -0.4 is 5.32 Å². The number of rotatable bonds is 10. The average molecular weight is 295 g/mol. The van der Waals surface area contributed by atoms with Crippen molar-refractivity contribution in [3.8, 4) is 0 Å². The van der Waals surface area contributed by atoms with Gasteiger partial charge in [0.15, 0.2) is 0 Å². The van der Waals surface area contributed by atoms with E-state index in [9.17, 15) is 0 Å². The van der Waals surface area contributed by atoms with Crippen LogP contribution in [0.4, 0.5) is 0 Å². The number of unbranched alkanes of at least 4 members (excludes halogenated alkanes) is 1. The quantitative estimate of drug-likeness (QED) is 0.640. The average Bonchev–Trinajstić information content (AvgIpc) is 3.34. The number of hydrogen-bond acceptors (Lipinski definition) is 2. The van der Waals surface area contributed by atoms with Crippen LogP contribution in [0, 0.1) is 11.8 Å². The monoisotopic (exact) mass is 294 g/mol. The van der Waals surface area contributed by atoms with E-state index < -0.39 is 0 Å². The van der Waals surface area contributed by atoms with Crippen molar-refractivity contribution in [1.82, 2.24) is 10.2 Å². The summed E-state index contributed by atoms with van der Waals surface area (Å²) < 4.78 is 0. The van der Waals surface area contributed by atoms with Gasteiger partial charge in [0.1, 0.15) is 0 Å². The van der Waals surface area contributed by atoms with Crippen molar-refractivity contribution < 1.29 is 0 Å². The van der Waals surface area contributed by atoms with Crippen molar-refractivity contribution in [1.29, 1.82) is 0 Å². The highest BCUT2D eigenvalue weighted by Gasteiger charge is 2.35. The van der Waals surface area contributed by atoms with E-state index in [2.05, 4.69) is 31.0 Å². The molecule has 2 aliphatic carbocycles. The molecular formula is C19H38N2. The maximum absolute atomic E-state index is 3.86. The SMILES string of the molecule is CCCCN(CC1CC(CC)CCC1NCCC)C1CC1. The topological polar surface area (TPSA) is 15.3 Å². The van der Waals surface area contributed by atoms with Gasteiger partial charge >= 0.3 is 0 Å². The molecule has 21 heavy (non-hydrogen) atoms. The minimum Gasteiger partial charge on any atom is -0.314 e. The molecule has 0 aromatic carbocycles. The first-order chi connectivity index (χ1) is 10.3. The molecule has 0 amide bonds. The van der Waals surface area contributed by atoms with Crippen LogP contribution in [0.2, 0.25) is 0 Å². The summed E-state index contributed by atoms with van der Waals surface area (Å²) in [5.74, 6) is 1.88. The summed E-state index contributed by atoms with van der Waals surface area (Å²) in [6.07, 6.45) is 12.6. The largest absolute Gasteiger partial charge is 0.314 e. The molecule has 0 bridgehead atoms. The van der Waals surface area contributed by atoms with Crippen LogP contribution in [0.25, 0.3) is 0 Å². The normalized spacial score (nSPS) is 30.0. The molecule has 2 fully saturated rings. The van der Waals surface area contributed by atoms with E-state index in [4.69, 9.17) is 0 Å². The number of hydrogen-bond donors (Lipinski definition) is 1. The molecule has 2 nitrogen and oxygen atoms in total. The predicted octanol–water partition coefficient (Wildman–Crippen LogP) is 4.45. The molecule has 1 N–H and O–H groups in total. The van der Waals surface area contributed by atoms with Gasteiger partial charge in [-0.25, -0.2) is 0 Å². The third-order valence-corrected chi connectivity index (χ3v) is 5.66. The molecule has 2 aliphatic rings. The molecule has 0 aliphatic heterocycles. The summed E-state index contributed by atoms with van der Waals surface area (Å²) in [6.45, 7) is 10.9. The van der Waals surface area contributed by atoms with Crippen LogP contribution in [0.5, 0.6) is 0 Å². The van der Waals surface area contributed by atoms with Crippen molar-refractivity contribution in [2.45, 2.75) is 90.6 Å². The van der Waals surface area contributed by atoms with Crippen molar-refractivity contribution >= 4 is 0 Å². The second kappa shape index (κ2) is 9.15. The van der Waals surface area contributed by atoms with Gasteiger partial charge in [-0.2, -0.15) is 0 Å². The lowest BCUT2D eigenvalue weighted by molar-refractivity contribution is 0.132. The van der Waals surface area contributed by atoms with Crippen LogP contribution in [-0.4, -0.2) is 36.6 Å². The Bertz CT molecular complexity index is 275. The Morgan fingerprint density at radius 1 is 1.00 bits per heavy atom. The summed E-state index contributed by atoms with van der Waals surface area (Å²) >= 11 is 0. The molecule has 124 valence electrons. The fourth-order valence-corrected chi connectivity index (χ4v) is 4.06. The Labute approximate surface area is 133 Å². The summed E-state index contributed by atoms with van der Waals surface area (Å²) in [6, 6.07) is 1.72. The van der Waals surface area contributed by atoms with Gasteiger partial charge in [-0.15, -0.1) is 0 Å². The Kier molecular flexibility index (Phi) is 7.53. The predicted molar refractivity (Wildman–Crippen MR) is 92.7 cm³/mol. The van der Waals surface area contributed by atoms with Crippen LogP contribution in [0.3, 0.4) is 0 Å². The highest BCUT2D eigenvalue weighted by atomic mass is 15.2. The smallest absolute Gasteiger partial charge is 0.0108 e. The molecule has 2 heteroatoms. The van der Waals surface area contributed by atoms with Crippen LogP contribution >= 0.6 is 0 Å². The lowest BCUT2D eigenvalue weighted by Gasteiger charge is -2.39. The molecule has 0 heterocycles. The summed E-state index contributed by atoms with van der Waals surface area (Å²) in [4.78, 5) is 2.84. The molecule has 0 aromatic rings. The highest BCUT2D eigenvalue weighted by Crippen LogP contribution is 2.35. The maximum Gasteiger partial charge on any atom is 0.0108 e. The van der Waals surface area contributed by atoms with Gasteiger partial charge < -0.3 is 10.2 Å². The molecule has 0 spiro atoms. The first kappa shape index (κ1) is 17.3. The van der Waals surface area contributed by atoms with E-state index in [1.807, 2.05) is 0 Å². The summed E-state index contributed by atoms with van der Waals surface area (Å²) in [7, 11) is 0. The minimum atomic E-state index is 0.788. The van der Waals surface area contributed by atoms with Crippen LogP contribution in [-0.2, 0) is 0 Å². The van der Waals surface area contributed by atoms with E-state index in [0.29, 0.717) is 0 Å². The van der Waals surface area contributed by atoms with Gasteiger partial charge in [-0.3, -0.25) is 0 Å². The molecule has 3 unspecified atom stereocenters. The second-order valence-electron chi connectivity index (χ2n) is 7.49. The van der Waals surface area contributed by atoms with Crippen molar-refractivity contribution in [3.63, 3.8) is 0 Å². The van der Waals surface area contributed by atoms with E-state index in [1.165, 1.54) is 77.4 Å². The molecule has 0 saturated heterocycles. The van der Waals surface area contributed by atoms with Crippen LogP contribution in [0.1, 0.15) is 78.6 Å². The molecule has 2 saturated carbocycles. The molecule has 0 aromatic heterocycles. The Morgan fingerprint density at radius 2 is 1.81 bits per heavy atom. The molecule has 0 radical (unpaired) electrons. The second-order valence-corrected chi connectivity index (χ2v) is 7.49. The van der Waals surface area contributed by atoms with Crippen molar-refractivity contribution in [2.75, 3.05) is 19.6 Å². The Hall–Kier alpha value is -0.0800. The third kappa shape index (κ3) is 5.56. The summed E-state index contributed by atoms with van der Waals surface area (Å²) in [5, 5.41) is 3.86. The lowest BCUT2D eigenvalue weighted by atomic mass is 9.76. The fourth-order valence-electron chi connectivity index (χ4n) is 4.06. The highest BCUT2D eigenvalue weighted by molar-refractivity contribution is 4.91. The minimum absolute atomic E-state index is 0.788. The Balaban J connectivity index is 1.89. The van der Waals surface area contributed by atoms with Gasteiger partial charge in [0.25, 0.3) is 0 Å². The first-order valence-electron chi connectivity index (χ1n) is 9.75. The summed E-state index contributed by atoms with van der Waals surface area (Å²) in [5.41, 5.74) is 0. The van der Waals surface area contributed by atoms with E-state index in [1.54, 1.807) is 0 Å². The first-order valence-corrected chi connectivity index (χ1v) is 9.75. The fraction of sp³-hybridized carbons (Fsp3) is 1.00. The standard InChI is InChI=1S/C19H38N2/c1-4-7-13-21(18-9-10-18)15-17-14-16(6-3)8-11-19(17)20-12-5-2/h16-20H,4-15H2,1-3H3. The van der Waals surface area contributed by atoms with Gasteiger partial charge in [-0.05, 0) is 69.9 Å². The van der Waals surface area contributed by atoms with Crippen LogP contribution in [0.15, 0.2) is 0 Å². The lowest BCUT2D eigenvalue weighted by Crippen LogP contribution is -2.46. The van der Waals surface area contributed by atoms with E-state index in [0.717, 1.165) is 23.9 Å². The molecule has 3 atom stereocenters. The molecular weight excluding hydrogens is 256 g/mol. The third-order valence-electron chi connectivity index (χ3n) is 5.66. The van der Waals surface area contributed by atoms with Gasteiger partial charge in [0.2, 0.25) is 0 Å². The Morgan fingerprint density at radius 3 is 2.43 bits per heavy atom. The molecule has 2 rings (SSSR count).